The van der Waals surface area contributed by atoms with Crippen molar-refractivity contribution in [3.05, 3.63) is 75.4 Å². The molecule has 1 unspecified atom stereocenters. The molecule has 2 aromatic heterocycles. The lowest BCUT2D eigenvalue weighted by molar-refractivity contribution is -0.113. The van der Waals surface area contributed by atoms with Crippen LogP contribution in [0.4, 0.5) is 5.00 Å². The van der Waals surface area contributed by atoms with Gasteiger partial charge < -0.3 is 19.4 Å². The summed E-state index contributed by atoms with van der Waals surface area (Å²) in [5, 5.41) is 13.3. The number of esters is 1. The summed E-state index contributed by atoms with van der Waals surface area (Å²) in [4.78, 5) is 26.6. The van der Waals surface area contributed by atoms with Crippen LogP contribution in [-0.2, 0) is 16.1 Å². The van der Waals surface area contributed by atoms with E-state index in [2.05, 4.69) is 15.5 Å². The van der Waals surface area contributed by atoms with Crippen LogP contribution in [0, 0.1) is 13.8 Å². The number of nitrogens with one attached hydrogen (secondary N) is 1. The number of anilines is 1. The number of thiophene rings is 1. The highest BCUT2D eigenvalue weighted by molar-refractivity contribution is 7.99. The molecule has 0 spiro atoms. The van der Waals surface area contributed by atoms with Gasteiger partial charge >= 0.3 is 5.97 Å². The van der Waals surface area contributed by atoms with Gasteiger partial charge in [0, 0.05) is 22.0 Å². The molecule has 0 aliphatic heterocycles. The molecule has 1 N–H and O–H groups in total. The van der Waals surface area contributed by atoms with E-state index >= 15 is 0 Å². The Balaban J connectivity index is 1.48. The number of thioether (sulfide) groups is 1. The number of aryl methyl sites for hydroxylation is 2. The van der Waals surface area contributed by atoms with Crippen LogP contribution in [-0.4, -0.2) is 39.5 Å². The van der Waals surface area contributed by atoms with Gasteiger partial charge in [-0.15, -0.1) is 21.5 Å². The predicted octanol–water partition coefficient (Wildman–Crippen LogP) is 6.95. The molecular weight excluding hydrogens is 556 g/mol. The van der Waals surface area contributed by atoms with Gasteiger partial charge in [0.1, 0.15) is 16.3 Å². The number of hydrogen-bond acceptors (Lipinski definition) is 8. The van der Waals surface area contributed by atoms with Crippen LogP contribution in [0.3, 0.4) is 0 Å². The molecule has 39 heavy (non-hydrogen) atoms. The third kappa shape index (κ3) is 6.46. The molecule has 11 heteroatoms. The number of benzene rings is 2. The summed E-state index contributed by atoms with van der Waals surface area (Å²) >= 11 is 8.68. The lowest BCUT2D eigenvalue weighted by Crippen LogP contribution is -2.17. The lowest BCUT2D eigenvalue weighted by atomic mass is 10.0. The van der Waals surface area contributed by atoms with E-state index in [0.29, 0.717) is 38.9 Å². The molecule has 4 aromatic rings. The van der Waals surface area contributed by atoms with Crippen molar-refractivity contribution in [3.8, 4) is 16.9 Å². The van der Waals surface area contributed by atoms with Crippen LogP contribution in [0.25, 0.3) is 11.1 Å². The van der Waals surface area contributed by atoms with Crippen molar-refractivity contribution in [2.24, 2.45) is 0 Å². The van der Waals surface area contributed by atoms with E-state index in [0.717, 1.165) is 21.6 Å². The fourth-order valence-electron chi connectivity index (χ4n) is 4.17. The number of aromatic nitrogens is 3. The maximum atomic E-state index is 13.0. The first kappa shape index (κ1) is 28.7. The van der Waals surface area contributed by atoms with Crippen molar-refractivity contribution < 1.29 is 19.1 Å². The number of carbonyl (C=O) groups is 2. The number of halogens is 1. The highest BCUT2D eigenvalue weighted by Gasteiger charge is 2.26. The normalized spacial score (nSPS) is 11.7. The molecule has 0 fully saturated rings. The fourth-order valence-corrected chi connectivity index (χ4v) is 6.28. The van der Waals surface area contributed by atoms with E-state index in [1.54, 1.807) is 6.07 Å². The van der Waals surface area contributed by atoms with Crippen LogP contribution >= 0.6 is 34.7 Å². The van der Waals surface area contributed by atoms with Gasteiger partial charge in [-0.3, -0.25) is 4.79 Å². The molecule has 0 saturated heterocycles. The van der Waals surface area contributed by atoms with Gasteiger partial charge in [0.2, 0.25) is 5.91 Å². The third-order valence-corrected chi connectivity index (χ3v) is 8.21. The maximum absolute atomic E-state index is 13.0. The second kappa shape index (κ2) is 12.7. The van der Waals surface area contributed by atoms with Gasteiger partial charge in [-0.25, -0.2) is 4.79 Å². The van der Waals surface area contributed by atoms with Gasteiger partial charge in [-0.2, -0.15) is 0 Å². The molecule has 0 radical (unpaired) electrons. The molecule has 2 heterocycles. The Morgan fingerprint density at radius 3 is 2.56 bits per heavy atom. The molecule has 8 nitrogen and oxygen atoms in total. The average molecular weight is 585 g/mol. The molecule has 1 amide bonds. The Morgan fingerprint density at radius 2 is 1.90 bits per heavy atom. The fraction of sp³-hybridized carbons (Fsp3) is 0.286. The van der Waals surface area contributed by atoms with Gasteiger partial charge in [0.15, 0.2) is 17.1 Å². The highest BCUT2D eigenvalue weighted by Crippen LogP contribution is 2.40. The average Bonchev–Trinajstić information content (AvgIpc) is 3.49. The zero-order valence-corrected chi connectivity index (χ0v) is 24.7. The first-order chi connectivity index (χ1) is 18.7. The van der Waals surface area contributed by atoms with E-state index in [-0.39, 0.29) is 17.8 Å². The standard InChI is InChI=1S/C28H29ClN4O4S2/c1-6-33-25(17(3)37-21-13-12-20(29)14-16(21)2)31-32-28(33)38-15-22(34)30-26-24(27(35)36-5)23(18(4)39-26)19-10-8-7-9-11-19/h7-14,17H,6,15H2,1-5H3,(H,30,34). The van der Waals surface area contributed by atoms with Crippen LogP contribution in [0.2, 0.25) is 5.02 Å². The van der Waals surface area contributed by atoms with Crippen molar-refractivity contribution in [3.63, 3.8) is 0 Å². The van der Waals surface area contributed by atoms with Crippen LogP contribution < -0.4 is 10.1 Å². The molecule has 2 aromatic carbocycles. The number of ether oxygens (including phenoxy) is 2. The van der Waals surface area contributed by atoms with Gasteiger partial charge in [0.05, 0.1) is 12.9 Å². The van der Waals surface area contributed by atoms with Gasteiger partial charge in [0.25, 0.3) is 0 Å². The van der Waals surface area contributed by atoms with Crippen molar-refractivity contribution in [1.29, 1.82) is 0 Å². The van der Waals surface area contributed by atoms with Crippen LogP contribution in [0.15, 0.2) is 53.7 Å². The van der Waals surface area contributed by atoms with Crippen molar-refractivity contribution in [2.75, 3.05) is 18.2 Å². The highest BCUT2D eigenvalue weighted by atomic mass is 35.5. The van der Waals surface area contributed by atoms with E-state index in [1.807, 2.05) is 74.7 Å². The monoisotopic (exact) mass is 584 g/mol. The number of rotatable bonds is 10. The van der Waals surface area contributed by atoms with Crippen LogP contribution in [0.5, 0.6) is 5.75 Å². The molecule has 0 aliphatic rings. The summed E-state index contributed by atoms with van der Waals surface area (Å²) in [6.07, 6.45) is -0.367. The minimum absolute atomic E-state index is 0.0852. The van der Waals surface area contributed by atoms with Gasteiger partial charge in [-0.1, -0.05) is 53.7 Å². The van der Waals surface area contributed by atoms with E-state index in [1.165, 1.54) is 30.2 Å². The Kier molecular flexibility index (Phi) is 9.32. The molecule has 0 bridgehead atoms. The molecule has 204 valence electrons. The lowest BCUT2D eigenvalue weighted by Gasteiger charge is -2.17. The summed E-state index contributed by atoms with van der Waals surface area (Å²) in [7, 11) is 1.33. The zero-order valence-electron chi connectivity index (χ0n) is 22.3. The summed E-state index contributed by atoms with van der Waals surface area (Å²) in [5.41, 5.74) is 2.92. The van der Waals surface area contributed by atoms with Crippen molar-refractivity contribution >= 4 is 51.6 Å². The smallest absolute Gasteiger partial charge is 0.341 e. The number of hydrogen-bond donors (Lipinski definition) is 1. The Bertz CT molecular complexity index is 1490. The van der Waals surface area contributed by atoms with Gasteiger partial charge in [-0.05, 0) is 57.0 Å². The van der Waals surface area contributed by atoms with E-state index in [9.17, 15) is 9.59 Å². The predicted molar refractivity (Wildman–Crippen MR) is 156 cm³/mol. The minimum Gasteiger partial charge on any atom is -0.482 e. The molecular formula is C28H29ClN4O4S2. The number of methoxy groups -OCH3 is 1. The van der Waals surface area contributed by atoms with Crippen molar-refractivity contribution in [2.45, 2.75) is 45.5 Å². The second-order valence-corrected chi connectivity index (χ2v) is 11.3. The molecule has 0 aliphatic carbocycles. The van der Waals surface area contributed by atoms with E-state index < -0.39 is 5.97 Å². The number of amides is 1. The first-order valence-corrected chi connectivity index (χ1v) is 14.5. The number of nitrogens with zero attached hydrogens (tertiary/aromatic N) is 3. The molecule has 4 rings (SSSR count). The van der Waals surface area contributed by atoms with E-state index in [4.69, 9.17) is 21.1 Å². The molecule has 0 saturated carbocycles. The Labute approximate surface area is 240 Å². The SMILES string of the molecule is CCn1c(SCC(=O)Nc2sc(C)c(-c3ccccc3)c2C(=O)OC)nnc1C(C)Oc1ccc(Cl)cc1C. The topological polar surface area (TPSA) is 95.3 Å². The zero-order chi connectivity index (χ0) is 28.1. The summed E-state index contributed by atoms with van der Waals surface area (Å²) < 4.78 is 13.1. The number of carbonyl (C=O) groups excluding carboxylic acids is 2. The van der Waals surface area contributed by atoms with Crippen LogP contribution in [0.1, 0.15) is 46.6 Å². The second-order valence-electron chi connectivity index (χ2n) is 8.69. The summed E-state index contributed by atoms with van der Waals surface area (Å²) in [6.45, 7) is 8.35. The first-order valence-electron chi connectivity index (χ1n) is 12.3. The Morgan fingerprint density at radius 1 is 1.15 bits per heavy atom. The molecule has 1 atom stereocenters. The van der Waals surface area contributed by atoms with Crippen molar-refractivity contribution in [1.82, 2.24) is 14.8 Å². The summed E-state index contributed by atoms with van der Waals surface area (Å²) in [5.74, 6) is 0.695. The summed E-state index contributed by atoms with van der Waals surface area (Å²) in [6, 6.07) is 15.0. The maximum Gasteiger partial charge on any atom is 0.341 e. The minimum atomic E-state index is -0.499. The third-order valence-electron chi connectivity index (χ3n) is 5.99. The Hall–Kier alpha value is -3.34. The largest absolute Gasteiger partial charge is 0.482 e. The quantitative estimate of drug-likeness (QED) is 0.159.